The van der Waals surface area contributed by atoms with Crippen molar-refractivity contribution in [3.63, 3.8) is 0 Å². The third-order valence-corrected chi connectivity index (χ3v) is 7.08. The summed E-state index contributed by atoms with van der Waals surface area (Å²) in [6.45, 7) is 5.57. The number of likely N-dealkylation sites (N-methyl/N-ethyl adjacent to an activating group) is 1. The van der Waals surface area contributed by atoms with Gasteiger partial charge in [-0.25, -0.2) is 0 Å². The number of hydrogen-bond donors (Lipinski definition) is 1. The lowest BCUT2D eigenvalue weighted by Crippen LogP contribution is -2.41. The van der Waals surface area contributed by atoms with Crippen molar-refractivity contribution in [2.75, 3.05) is 70.4 Å². The number of methoxy groups -OCH3 is 1. The van der Waals surface area contributed by atoms with Crippen molar-refractivity contribution in [3.05, 3.63) is 66.5 Å². The summed E-state index contributed by atoms with van der Waals surface area (Å²) in [6, 6.07) is 15.9. The van der Waals surface area contributed by atoms with Crippen molar-refractivity contribution < 1.29 is 19.0 Å². The lowest BCUT2D eigenvalue weighted by atomic mass is 9.95. The van der Waals surface area contributed by atoms with E-state index in [2.05, 4.69) is 33.2 Å². The summed E-state index contributed by atoms with van der Waals surface area (Å²) in [7, 11) is 3.72. The van der Waals surface area contributed by atoms with Crippen molar-refractivity contribution >= 4 is 17.3 Å². The fourth-order valence-electron chi connectivity index (χ4n) is 4.81. The average Bonchev–Trinajstić information content (AvgIpc) is 2.96. The van der Waals surface area contributed by atoms with Crippen LogP contribution in [0, 0.1) is 5.92 Å². The first-order chi connectivity index (χ1) is 18.1. The van der Waals surface area contributed by atoms with Crippen molar-refractivity contribution in [2.45, 2.75) is 6.42 Å². The van der Waals surface area contributed by atoms with Crippen LogP contribution in [-0.2, 0) is 16.0 Å². The molecule has 0 radical (unpaired) electrons. The van der Waals surface area contributed by atoms with E-state index in [9.17, 15) is 4.79 Å². The number of morpholine rings is 1. The first kappa shape index (κ1) is 25.0. The molecule has 1 amide bonds. The zero-order valence-corrected chi connectivity index (χ0v) is 21.5. The Morgan fingerprint density at radius 3 is 2.70 bits per heavy atom. The van der Waals surface area contributed by atoms with Gasteiger partial charge in [0.1, 0.15) is 18.1 Å². The number of nitrogens with zero attached hydrogens (tertiary/aromatic N) is 3. The standard InChI is InChI=1S/C29H34N4O4/c1-32(11-12-33-13-15-36-16-14-33)27-19-22(21-7-9-30-10-8-21)3-5-26(27)31-29(34)24-17-23-18-25(35-2)4-6-28(23)37-20-24/h3-10,18-19,24H,11-17,20H2,1-2H3,(H,31,34)/t24-/m1/s1. The fraction of sp³-hybridized carbons (Fsp3) is 0.379. The molecule has 0 spiro atoms. The topological polar surface area (TPSA) is 76.2 Å². The Labute approximate surface area is 218 Å². The van der Waals surface area contributed by atoms with Gasteiger partial charge in [0.25, 0.3) is 0 Å². The summed E-state index contributed by atoms with van der Waals surface area (Å²) < 4.78 is 16.7. The molecule has 5 rings (SSSR count). The quantitative estimate of drug-likeness (QED) is 0.503. The second-order valence-corrected chi connectivity index (χ2v) is 9.52. The largest absolute Gasteiger partial charge is 0.497 e. The van der Waals surface area contributed by atoms with Crippen molar-refractivity contribution in [1.82, 2.24) is 9.88 Å². The molecular formula is C29H34N4O4. The van der Waals surface area contributed by atoms with Crippen LogP contribution in [0.4, 0.5) is 11.4 Å². The van der Waals surface area contributed by atoms with Gasteiger partial charge in [0.05, 0.1) is 37.6 Å². The summed E-state index contributed by atoms with van der Waals surface area (Å²) in [5.74, 6) is 1.24. The highest BCUT2D eigenvalue weighted by atomic mass is 16.5. The molecule has 2 aromatic carbocycles. The number of ether oxygens (including phenoxy) is 3. The third kappa shape index (κ3) is 6.03. The molecule has 0 saturated carbocycles. The first-order valence-corrected chi connectivity index (χ1v) is 12.8. The van der Waals surface area contributed by atoms with Gasteiger partial charge in [0.15, 0.2) is 0 Å². The average molecular weight is 503 g/mol. The summed E-state index contributed by atoms with van der Waals surface area (Å²) in [5.41, 5.74) is 4.93. The van der Waals surface area contributed by atoms with Crippen LogP contribution in [0.1, 0.15) is 5.56 Å². The van der Waals surface area contributed by atoms with Gasteiger partial charge in [0.2, 0.25) is 5.91 Å². The molecule has 1 atom stereocenters. The molecule has 3 aromatic rings. The Bertz CT molecular complexity index is 1210. The van der Waals surface area contributed by atoms with Gasteiger partial charge in [-0.2, -0.15) is 0 Å². The van der Waals surface area contributed by atoms with E-state index in [0.717, 1.165) is 79.0 Å². The third-order valence-electron chi connectivity index (χ3n) is 7.08. The van der Waals surface area contributed by atoms with Crippen molar-refractivity contribution in [2.24, 2.45) is 5.92 Å². The Morgan fingerprint density at radius 1 is 1.11 bits per heavy atom. The SMILES string of the molecule is COc1ccc2c(c1)C[C@@H](C(=O)Nc1ccc(-c3ccncc3)cc1N(C)CCN1CCOCC1)CO2. The van der Waals surface area contributed by atoms with Crippen LogP contribution in [0.5, 0.6) is 11.5 Å². The number of nitrogens with one attached hydrogen (secondary N) is 1. The molecule has 1 N–H and O–H groups in total. The predicted molar refractivity (Wildman–Crippen MR) is 145 cm³/mol. The minimum atomic E-state index is -0.286. The Hall–Kier alpha value is -3.62. The number of anilines is 2. The van der Waals surface area contributed by atoms with Gasteiger partial charge in [-0.1, -0.05) is 6.07 Å². The lowest BCUT2D eigenvalue weighted by Gasteiger charge is -2.30. The maximum Gasteiger partial charge on any atom is 0.231 e. The molecule has 37 heavy (non-hydrogen) atoms. The van der Waals surface area contributed by atoms with Crippen LogP contribution in [0.3, 0.4) is 0 Å². The predicted octanol–water partition coefficient (Wildman–Crippen LogP) is 3.72. The number of carbonyl (C=O) groups is 1. The van der Waals surface area contributed by atoms with E-state index in [0.29, 0.717) is 13.0 Å². The summed E-state index contributed by atoms with van der Waals surface area (Å²) >= 11 is 0. The molecule has 1 aromatic heterocycles. The zero-order chi connectivity index (χ0) is 25.6. The van der Waals surface area contributed by atoms with Gasteiger partial charge < -0.3 is 24.4 Å². The maximum atomic E-state index is 13.4. The van der Waals surface area contributed by atoms with Gasteiger partial charge in [-0.3, -0.25) is 14.7 Å². The highest BCUT2D eigenvalue weighted by molar-refractivity contribution is 5.97. The molecule has 0 bridgehead atoms. The normalized spacial score (nSPS) is 17.4. The maximum absolute atomic E-state index is 13.4. The Kier molecular flexibility index (Phi) is 7.87. The van der Waals surface area contributed by atoms with E-state index >= 15 is 0 Å². The molecule has 3 heterocycles. The number of aromatic nitrogens is 1. The zero-order valence-electron chi connectivity index (χ0n) is 21.5. The Morgan fingerprint density at radius 2 is 1.92 bits per heavy atom. The van der Waals surface area contributed by atoms with E-state index in [4.69, 9.17) is 14.2 Å². The summed E-state index contributed by atoms with van der Waals surface area (Å²) in [5, 5.41) is 3.20. The molecular weight excluding hydrogens is 468 g/mol. The number of hydrogen-bond acceptors (Lipinski definition) is 7. The minimum Gasteiger partial charge on any atom is -0.497 e. The molecule has 0 aliphatic carbocycles. The molecule has 0 unspecified atom stereocenters. The van der Waals surface area contributed by atoms with E-state index in [1.807, 2.05) is 42.5 Å². The highest BCUT2D eigenvalue weighted by Crippen LogP contribution is 2.34. The molecule has 1 saturated heterocycles. The van der Waals surface area contributed by atoms with E-state index in [-0.39, 0.29) is 11.8 Å². The molecule has 2 aliphatic rings. The number of amides is 1. The van der Waals surface area contributed by atoms with Gasteiger partial charge in [-0.05, 0) is 65.6 Å². The number of benzene rings is 2. The highest BCUT2D eigenvalue weighted by Gasteiger charge is 2.27. The van der Waals surface area contributed by atoms with E-state index < -0.39 is 0 Å². The number of carbonyl (C=O) groups excluding carboxylic acids is 1. The second-order valence-electron chi connectivity index (χ2n) is 9.52. The van der Waals surface area contributed by atoms with Gasteiger partial charge in [0, 0.05) is 45.6 Å². The van der Waals surface area contributed by atoms with Crippen LogP contribution in [0.15, 0.2) is 60.9 Å². The van der Waals surface area contributed by atoms with Crippen molar-refractivity contribution in [3.8, 4) is 22.6 Å². The van der Waals surface area contributed by atoms with Crippen LogP contribution in [0.2, 0.25) is 0 Å². The number of fused-ring (bicyclic) bond motifs is 1. The van der Waals surface area contributed by atoms with Crippen molar-refractivity contribution in [1.29, 1.82) is 0 Å². The lowest BCUT2D eigenvalue weighted by molar-refractivity contribution is -0.121. The first-order valence-electron chi connectivity index (χ1n) is 12.8. The minimum absolute atomic E-state index is 0.0482. The molecule has 194 valence electrons. The van der Waals surface area contributed by atoms with E-state index in [1.54, 1.807) is 19.5 Å². The summed E-state index contributed by atoms with van der Waals surface area (Å²) in [4.78, 5) is 22.2. The molecule has 2 aliphatic heterocycles. The van der Waals surface area contributed by atoms with E-state index in [1.165, 1.54) is 0 Å². The van der Waals surface area contributed by atoms with Gasteiger partial charge in [-0.15, -0.1) is 0 Å². The van der Waals surface area contributed by atoms with Crippen LogP contribution >= 0.6 is 0 Å². The Balaban J connectivity index is 1.34. The molecule has 8 heteroatoms. The van der Waals surface area contributed by atoms with Gasteiger partial charge >= 0.3 is 0 Å². The number of rotatable bonds is 8. The second kappa shape index (κ2) is 11.6. The van der Waals surface area contributed by atoms with Crippen LogP contribution in [-0.4, -0.2) is 75.9 Å². The van der Waals surface area contributed by atoms with Crippen LogP contribution < -0.4 is 19.7 Å². The smallest absolute Gasteiger partial charge is 0.231 e. The van der Waals surface area contributed by atoms with Crippen LogP contribution in [0.25, 0.3) is 11.1 Å². The fourth-order valence-corrected chi connectivity index (χ4v) is 4.81. The monoisotopic (exact) mass is 502 g/mol. The number of pyridine rings is 1. The molecule has 8 nitrogen and oxygen atoms in total. The molecule has 1 fully saturated rings. The summed E-state index contributed by atoms with van der Waals surface area (Å²) in [6.07, 6.45) is 4.20.